The van der Waals surface area contributed by atoms with Gasteiger partial charge < -0.3 is 20.3 Å². The highest BCUT2D eigenvalue weighted by molar-refractivity contribution is 6.00. The van der Waals surface area contributed by atoms with E-state index in [-0.39, 0.29) is 18.4 Å². The molecule has 244 valence electrons. The van der Waals surface area contributed by atoms with Gasteiger partial charge in [-0.05, 0) is 88.6 Å². The molecular weight excluding hydrogens is 574 g/mol. The summed E-state index contributed by atoms with van der Waals surface area (Å²) in [5, 5.41) is 5.97. The van der Waals surface area contributed by atoms with Crippen molar-refractivity contribution in [2.75, 3.05) is 5.32 Å². The van der Waals surface area contributed by atoms with Crippen molar-refractivity contribution < 1.29 is 19.1 Å². The first kappa shape index (κ1) is 35.9. The highest BCUT2D eigenvalue weighted by Gasteiger charge is 2.40. The average molecular weight is 624 g/mol. The Bertz CT molecular complexity index is 1510. The third kappa shape index (κ3) is 9.97. The molecule has 3 amide bonds. The van der Waals surface area contributed by atoms with E-state index in [1.54, 1.807) is 37.8 Å². The molecule has 0 spiro atoms. The van der Waals surface area contributed by atoms with Gasteiger partial charge >= 0.3 is 6.09 Å². The van der Waals surface area contributed by atoms with E-state index in [2.05, 4.69) is 30.4 Å². The largest absolute Gasteiger partial charge is 0.444 e. The van der Waals surface area contributed by atoms with Gasteiger partial charge in [0.2, 0.25) is 5.91 Å². The minimum absolute atomic E-state index is 0.203. The number of anilines is 1. The fourth-order valence-corrected chi connectivity index (χ4v) is 5.48. The summed E-state index contributed by atoms with van der Waals surface area (Å²) in [5.74, 6) is 2.30. The molecule has 0 aliphatic rings. The molecular formula is C39H49N3O4. The predicted octanol–water partition coefficient (Wildman–Crippen LogP) is 7.75. The number of carbonyl (C=O) groups excluding carboxylic acids is 3. The number of alkyl carbamates (subject to hydrolysis) is 1. The molecule has 3 aromatic rings. The Morgan fingerprint density at radius 3 is 2.07 bits per heavy atom. The van der Waals surface area contributed by atoms with Crippen LogP contribution in [0.25, 0.3) is 0 Å². The van der Waals surface area contributed by atoms with Gasteiger partial charge in [0.25, 0.3) is 5.91 Å². The maximum Gasteiger partial charge on any atom is 0.408 e. The van der Waals surface area contributed by atoms with Crippen LogP contribution in [0, 0.1) is 32.1 Å². The third-order valence-electron chi connectivity index (χ3n) is 7.83. The van der Waals surface area contributed by atoms with E-state index >= 15 is 0 Å². The van der Waals surface area contributed by atoms with Crippen molar-refractivity contribution in [2.45, 2.75) is 98.4 Å². The van der Waals surface area contributed by atoms with Crippen LogP contribution in [-0.4, -0.2) is 40.5 Å². The number of para-hydroxylation sites is 1. The SMILES string of the molecule is C#Cc1ccccc1C(C(=O)Nc1c(C)cccc1C)N(C(=O)C(Cc1ccccc1)NC(=O)OC(C)(C)C)C(C)CCC(C)C. The van der Waals surface area contributed by atoms with Crippen LogP contribution in [-0.2, 0) is 20.7 Å². The van der Waals surface area contributed by atoms with Gasteiger partial charge in [-0.3, -0.25) is 9.59 Å². The van der Waals surface area contributed by atoms with Crippen LogP contribution in [0.1, 0.15) is 88.2 Å². The number of benzene rings is 3. The van der Waals surface area contributed by atoms with Crippen molar-refractivity contribution in [3.05, 3.63) is 101 Å². The van der Waals surface area contributed by atoms with E-state index in [9.17, 15) is 14.4 Å². The van der Waals surface area contributed by atoms with Crippen molar-refractivity contribution in [1.29, 1.82) is 0 Å². The smallest absolute Gasteiger partial charge is 0.408 e. The lowest BCUT2D eigenvalue weighted by atomic mass is 9.93. The van der Waals surface area contributed by atoms with E-state index in [0.29, 0.717) is 29.2 Å². The summed E-state index contributed by atoms with van der Waals surface area (Å²) in [6.45, 7) is 15.4. The second kappa shape index (κ2) is 16.1. The Balaban J connectivity index is 2.21. The number of hydrogen-bond acceptors (Lipinski definition) is 4. The molecule has 2 N–H and O–H groups in total. The number of ether oxygens (including phenoxy) is 1. The van der Waals surface area contributed by atoms with Gasteiger partial charge in [-0.1, -0.05) is 86.5 Å². The lowest BCUT2D eigenvalue weighted by molar-refractivity contribution is -0.143. The quantitative estimate of drug-likeness (QED) is 0.202. The minimum Gasteiger partial charge on any atom is -0.444 e. The number of nitrogens with one attached hydrogen (secondary N) is 2. The molecule has 3 aromatic carbocycles. The van der Waals surface area contributed by atoms with Gasteiger partial charge in [-0.15, -0.1) is 6.42 Å². The lowest BCUT2D eigenvalue weighted by Gasteiger charge is -2.39. The van der Waals surface area contributed by atoms with E-state index in [1.165, 1.54) is 0 Å². The highest BCUT2D eigenvalue weighted by atomic mass is 16.6. The van der Waals surface area contributed by atoms with Gasteiger partial charge in [0.05, 0.1) is 0 Å². The van der Waals surface area contributed by atoms with Crippen LogP contribution < -0.4 is 10.6 Å². The number of terminal acetylenes is 1. The number of rotatable bonds is 12. The molecule has 0 aliphatic carbocycles. The van der Waals surface area contributed by atoms with Crippen molar-refractivity contribution in [1.82, 2.24) is 10.2 Å². The molecule has 7 nitrogen and oxygen atoms in total. The summed E-state index contributed by atoms with van der Waals surface area (Å²) in [7, 11) is 0. The molecule has 3 unspecified atom stereocenters. The minimum atomic E-state index is -1.08. The predicted molar refractivity (Wildman–Crippen MR) is 185 cm³/mol. The van der Waals surface area contributed by atoms with Crippen LogP contribution >= 0.6 is 0 Å². The molecule has 0 radical (unpaired) electrons. The Morgan fingerprint density at radius 2 is 1.48 bits per heavy atom. The highest BCUT2D eigenvalue weighted by Crippen LogP contribution is 2.32. The first-order valence-corrected chi connectivity index (χ1v) is 16.0. The number of nitrogens with zero attached hydrogens (tertiary/aromatic N) is 1. The lowest BCUT2D eigenvalue weighted by Crippen LogP contribution is -2.55. The van der Waals surface area contributed by atoms with Gasteiger partial charge in [0.1, 0.15) is 17.7 Å². The fraction of sp³-hybridized carbons (Fsp3) is 0.410. The van der Waals surface area contributed by atoms with E-state index in [4.69, 9.17) is 11.2 Å². The fourth-order valence-electron chi connectivity index (χ4n) is 5.48. The first-order valence-electron chi connectivity index (χ1n) is 16.0. The zero-order valence-electron chi connectivity index (χ0n) is 28.5. The standard InChI is InChI=1S/C39H49N3O4/c1-10-31-21-14-15-22-32(31)35(36(43)41-34-27(4)17-16-18-28(34)5)42(29(6)24-23-26(2)3)37(44)33(25-30-19-12-11-13-20-30)40-38(45)46-39(7,8)9/h1,11-22,26,29,33,35H,23-25H2,2-9H3,(H,40,45)(H,41,43). The summed E-state index contributed by atoms with van der Waals surface area (Å²) in [4.78, 5) is 44.3. The molecule has 0 saturated heterocycles. The van der Waals surface area contributed by atoms with Crippen molar-refractivity contribution >= 4 is 23.6 Å². The number of aryl methyl sites for hydroxylation is 2. The van der Waals surface area contributed by atoms with Gasteiger partial charge in [0.15, 0.2) is 0 Å². The van der Waals surface area contributed by atoms with E-state index < -0.39 is 29.7 Å². The summed E-state index contributed by atoms with van der Waals surface area (Å²) in [5.41, 5.74) is 3.62. The number of carbonyl (C=O) groups is 3. The van der Waals surface area contributed by atoms with Crippen molar-refractivity contribution in [3.8, 4) is 12.3 Å². The summed E-state index contributed by atoms with van der Waals surface area (Å²) < 4.78 is 5.58. The van der Waals surface area contributed by atoms with Crippen molar-refractivity contribution in [3.63, 3.8) is 0 Å². The Morgan fingerprint density at radius 1 is 0.870 bits per heavy atom. The Hall–Kier alpha value is -4.57. The summed E-state index contributed by atoms with van der Waals surface area (Å²) in [6, 6.07) is 20.0. The number of amides is 3. The van der Waals surface area contributed by atoms with Crippen LogP contribution in [0.3, 0.4) is 0 Å². The molecule has 0 fully saturated rings. The summed E-state index contributed by atoms with van der Waals surface area (Å²) in [6.07, 6.45) is 6.93. The second-order valence-electron chi connectivity index (χ2n) is 13.3. The zero-order valence-corrected chi connectivity index (χ0v) is 28.5. The Kier molecular flexibility index (Phi) is 12.6. The molecule has 0 heterocycles. The molecule has 0 saturated carbocycles. The third-order valence-corrected chi connectivity index (χ3v) is 7.83. The van der Waals surface area contributed by atoms with Crippen LogP contribution in [0.4, 0.5) is 10.5 Å². The molecule has 3 rings (SSSR count). The van der Waals surface area contributed by atoms with Gasteiger partial charge in [0, 0.05) is 23.7 Å². The topological polar surface area (TPSA) is 87.7 Å². The molecule has 3 atom stereocenters. The van der Waals surface area contributed by atoms with Gasteiger partial charge in [-0.25, -0.2) is 4.79 Å². The number of hydrogen-bond donors (Lipinski definition) is 2. The summed E-state index contributed by atoms with van der Waals surface area (Å²) >= 11 is 0. The van der Waals surface area contributed by atoms with E-state index in [0.717, 1.165) is 23.1 Å². The monoisotopic (exact) mass is 623 g/mol. The molecule has 0 aromatic heterocycles. The zero-order chi connectivity index (χ0) is 34.0. The molecule has 46 heavy (non-hydrogen) atoms. The first-order chi connectivity index (χ1) is 21.7. The van der Waals surface area contributed by atoms with E-state index in [1.807, 2.05) is 81.4 Å². The van der Waals surface area contributed by atoms with Crippen LogP contribution in [0.5, 0.6) is 0 Å². The molecule has 7 heteroatoms. The maximum atomic E-state index is 15.0. The van der Waals surface area contributed by atoms with Gasteiger partial charge in [-0.2, -0.15) is 0 Å². The maximum absolute atomic E-state index is 15.0. The normalized spacial score (nSPS) is 13.2. The Labute approximate surface area is 275 Å². The van der Waals surface area contributed by atoms with Crippen LogP contribution in [0.2, 0.25) is 0 Å². The van der Waals surface area contributed by atoms with Crippen molar-refractivity contribution in [2.24, 2.45) is 5.92 Å². The second-order valence-corrected chi connectivity index (χ2v) is 13.3. The van der Waals surface area contributed by atoms with Crippen LogP contribution in [0.15, 0.2) is 72.8 Å². The average Bonchev–Trinajstić information content (AvgIpc) is 2.99. The molecule has 0 bridgehead atoms. The molecule has 0 aliphatic heterocycles.